The topological polar surface area (TPSA) is 46.2 Å². The van der Waals surface area contributed by atoms with Gasteiger partial charge in [-0.2, -0.15) is 0 Å². The van der Waals surface area contributed by atoms with Crippen LogP contribution < -0.4 is 4.72 Å². The quantitative estimate of drug-likeness (QED) is 0.704. The van der Waals surface area contributed by atoms with Gasteiger partial charge >= 0.3 is 0 Å². The number of aryl methyl sites for hydroxylation is 1. The lowest BCUT2D eigenvalue weighted by Crippen LogP contribution is -2.34. The van der Waals surface area contributed by atoms with Gasteiger partial charge < -0.3 is 0 Å². The molecule has 3 nitrogen and oxygen atoms in total. The number of rotatable bonds is 9. The molecule has 0 saturated heterocycles. The first-order valence-corrected chi connectivity index (χ1v) is 10.0. The highest BCUT2D eigenvalue weighted by atomic mass is 32.2. The molecule has 0 aliphatic rings. The molecule has 0 aliphatic carbocycles. The second-order valence-corrected chi connectivity index (χ2v) is 7.56. The average Bonchev–Trinajstić information content (AvgIpc) is 2.63. The fourth-order valence-corrected chi connectivity index (χ4v) is 4.02. The number of benzene rings is 2. The van der Waals surface area contributed by atoms with Crippen LogP contribution in [0.5, 0.6) is 0 Å². The van der Waals surface area contributed by atoms with Crippen LogP contribution in [0, 0.1) is 12.8 Å². The standard InChI is InChI=1S/C21H27NO2S/c1-4-9-20(23)19(5-2)21(17-10-7-6-8-11-17)22-25(24)18-14-12-16(3)13-15-18/h6-8,10-15,19,21-22H,4-5,9H2,1-3H3/t19-,21-,25?/m0/s1. The van der Waals surface area contributed by atoms with Crippen molar-refractivity contribution in [1.29, 1.82) is 0 Å². The van der Waals surface area contributed by atoms with Gasteiger partial charge in [0.15, 0.2) is 0 Å². The smallest absolute Gasteiger partial charge is 0.137 e. The lowest BCUT2D eigenvalue weighted by atomic mass is 9.86. The maximum Gasteiger partial charge on any atom is 0.137 e. The van der Waals surface area contributed by atoms with Gasteiger partial charge in [-0.3, -0.25) is 4.79 Å². The van der Waals surface area contributed by atoms with Crippen molar-refractivity contribution in [2.75, 3.05) is 0 Å². The minimum atomic E-state index is -1.37. The Morgan fingerprint density at radius 1 is 1.04 bits per heavy atom. The Hall–Kier alpha value is -1.78. The first-order valence-electron chi connectivity index (χ1n) is 8.89. The molecule has 0 amide bonds. The van der Waals surface area contributed by atoms with E-state index >= 15 is 0 Å². The fourth-order valence-electron chi connectivity index (χ4n) is 2.97. The maximum absolute atomic E-state index is 12.8. The second-order valence-electron chi connectivity index (χ2n) is 6.32. The second kappa shape index (κ2) is 9.64. The molecule has 1 N–H and O–H groups in total. The third kappa shape index (κ3) is 5.35. The van der Waals surface area contributed by atoms with Crippen LogP contribution in [0.3, 0.4) is 0 Å². The largest absolute Gasteiger partial charge is 0.299 e. The van der Waals surface area contributed by atoms with Gasteiger partial charge in [-0.1, -0.05) is 61.9 Å². The summed E-state index contributed by atoms with van der Waals surface area (Å²) in [5.74, 6) is 0.0454. The minimum absolute atomic E-state index is 0.184. The van der Waals surface area contributed by atoms with Crippen molar-refractivity contribution in [3.8, 4) is 0 Å². The molecule has 25 heavy (non-hydrogen) atoms. The number of hydrogen-bond donors (Lipinski definition) is 1. The first kappa shape index (κ1) is 19.5. The Labute approximate surface area is 153 Å². The van der Waals surface area contributed by atoms with Gasteiger partial charge in [0, 0.05) is 12.3 Å². The third-order valence-corrected chi connectivity index (χ3v) is 5.55. The van der Waals surface area contributed by atoms with Crippen LogP contribution in [-0.4, -0.2) is 9.99 Å². The van der Waals surface area contributed by atoms with Crippen molar-refractivity contribution in [2.45, 2.75) is 51.0 Å². The van der Waals surface area contributed by atoms with Crippen molar-refractivity contribution in [3.63, 3.8) is 0 Å². The van der Waals surface area contributed by atoms with Gasteiger partial charge in [0.25, 0.3) is 0 Å². The van der Waals surface area contributed by atoms with Crippen LogP contribution in [0.1, 0.15) is 50.3 Å². The molecule has 0 aliphatic heterocycles. The maximum atomic E-state index is 12.8. The Balaban J connectivity index is 2.29. The molecule has 0 heterocycles. The molecule has 0 bridgehead atoms. The summed E-state index contributed by atoms with van der Waals surface area (Å²) in [5, 5.41) is 0. The molecule has 0 spiro atoms. The number of nitrogens with one attached hydrogen (secondary N) is 1. The minimum Gasteiger partial charge on any atom is -0.299 e. The molecule has 3 atom stereocenters. The Kier molecular flexibility index (Phi) is 7.53. The van der Waals surface area contributed by atoms with Crippen LogP contribution in [0.2, 0.25) is 0 Å². The van der Waals surface area contributed by atoms with Crippen molar-refractivity contribution < 1.29 is 9.00 Å². The summed E-state index contributed by atoms with van der Waals surface area (Å²) in [7, 11) is -1.37. The number of carbonyl (C=O) groups excluding carboxylic acids is 1. The Morgan fingerprint density at radius 2 is 1.68 bits per heavy atom. The summed E-state index contributed by atoms with van der Waals surface area (Å²) in [6, 6.07) is 17.2. The van der Waals surface area contributed by atoms with E-state index in [1.807, 2.05) is 75.4 Å². The van der Waals surface area contributed by atoms with Crippen LogP contribution in [-0.2, 0) is 15.8 Å². The highest BCUT2D eigenvalue weighted by Gasteiger charge is 2.28. The number of hydrogen-bond acceptors (Lipinski definition) is 2. The zero-order valence-corrected chi connectivity index (χ0v) is 16.0. The molecule has 0 radical (unpaired) electrons. The van der Waals surface area contributed by atoms with Crippen LogP contribution in [0.25, 0.3) is 0 Å². The summed E-state index contributed by atoms with van der Waals surface area (Å²) in [4.78, 5) is 13.3. The summed E-state index contributed by atoms with van der Waals surface area (Å²) in [6.07, 6.45) is 2.11. The molecular formula is C21H27NO2S. The van der Waals surface area contributed by atoms with Gasteiger partial charge in [-0.05, 0) is 37.5 Å². The van der Waals surface area contributed by atoms with Crippen molar-refractivity contribution in [1.82, 2.24) is 4.72 Å². The van der Waals surface area contributed by atoms with Gasteiger partial charge in [0.2, 0.25) is 0 Å². The normalized spacial score (nSPS) is 14.7. The number of ketones is 1. The predicted octanol–water partition coefficient (Wildman–Crippen LogP) is 4.74. The number of carbonyl (C=O) groups is 1. The molecule has 2 aromatic carbocycles. The molecular weight excluding hydrogens is 330 g/mol. The van der Waals surface area contributed by atoms with E-state index in [9.17, 15) is 9.00 Å². The Bertz CT molecular complexity index is 698. The summed E-state index contributed by atoms with van der Waals surface area (Å²) in [5.41, 5.74) is 2.13. The lowest BCUT2D eigenvalue weighted by Gasteiger charge is -2.26. The average molecular weight is 358 g/mol. The fraction of sp³-hybridized carbons (Fsp3) is 0.381. The molecule has 0 saturated carbocycles. The van der Waals surface area contributed by atoms with Crippen LogP contribution >= 0.6 is 0 Å². The molecule has 0 aromatic heterocycles. The lowest BCUT2D eigenvalue weighted by molar-refractivity contribution is -0.123. The summed E-state index contributed by atoms with van der Waals surface area (Å²) >= 11 is 0. The van der Waals surface area contributed by atoms with Gasteiger partial charge in [-0.15, -0.1) is 0 Å². The van der Waals surface area contributed by atoms with Crippen LogP contribution in [0.15, 0.2) is 59.5 Å². The summed E-state index contributed by atoms with van der Waals surface area (Å²) in [6.45, 7) is 6.04. The Morgan fingerprint density at radius 3 is 2.24 bits per heavy atom. The van der Waals surface area contributed by atoms with E-state index in [1.165, 1.54) is 0 Å². The molecule has 2 rings (SSSR count). The SMILES string of the molecule is CCCC(=O)[C@H](CC)[C@@H](NS(=O)c1ccc(C)cc1)c1ccccc1. The van der Waals surface area contributed by atoms with E-state index in [2.05, 4.69) is 4.72 Å². The van der Waals surface area contributed by atoms with Gasteiger partial charge in [-0.25, -0.2) is 8.93 Å². The van der Waals surface area contributed by atoms with E-state index < -0.39 is 11.0 Å². The van der Waals surface area contributed by atoms with Crippen molar-refractivity contribution >= 4 is 16.8 Å². The van der Waals surface area contributed by atoms with Gasteiger partial charge in [0.1, 0.15) is 16.8 Å². The van der Waals surface area contributed by atoms with E-state index in [-0.39, 0.29) is 17.7 Å². The number of Topliss-reactive ketones (excluding diaryl/α,β-unsaturated/α-hetero) is 1. The first-order chi connectivity index (χ1) is 12.1. The van der Waals surface area contributed by atoms with Crippen LogP contribution in [0.4, 0.5) is 0 Å². The van der Waals surface area contributed by atoms with Crippen molar-refractivity contribution in [3.05, 3.63) is 65.7 Å². The van der Waals surface area contributed by atoms with E-state index in [4.69, 9.17) is 0 Å². The molecule has 2 aromatic rings. The van der Waals surface area contributed by atoms with Crippen molar-refractivity contribution in [2.24, 2.45) is 5.92 Å². The summed E-state index contributed by atoms with van der Waals surface area (Å²) < 4.78 is 16.0. The molecule has 0 fully saturated rings. The predicted molar refractivity (Wildman–Crippen MR) is 104 cm³/mol. The zero-order valence-electron chi connectivity index (χ0n) is 15.2. The molecule has 4 heteroatoms. The molecule has 1 unspecified atom stereocenters. The zero-order chi connectivity index (χ0) is 18.2. The van der Waals surface area contributed by atoms with E-state index in [0.717, 1.165) is 28.9 Å². The van der Waals surface area contributed by atoms with E-state index in [1.54, 1.807) is 0 Å². The van der Waals surface area contributed by atoms with Gasteiger partial charge in [0.05, 0.1) is 10.9 Å². The highest BCUT2D eigenvalue weighted by Crippen LogP contribution is 2.28. The monoisotopic (exact) mass is 357 g/mol. The van der Waals surface area contributed by atoms with E-state index in [0.29, 0.717) is 6.42 Å². The molecule has 134 valence electrons. The third-order valence-electron chi connectivity index (χ3n) is 4.38. The highest BCUT2D eigenvalue weighted by molar-refractivity contribution is 7.83.